The minimum atomic E-state index is -0.965. The molecule has 0 spiro atoms. The van der Waals surface area contributed by atoms with E-state index in [4.69, 9.17) is 0 Å². The van der Waals surface area contributed by atoms with Crippen LogP contribution in [0.5, 0.6) is 0 Å². The molecule has 1 fully saturated rings. The second-order valence-electron chi connectivity index (χ2n) is 6.26. The molecule has 2 aromatic rings. The molecule has 1 aliphatic rings. The first kappa shape index (κ1) is 17.1. The molecule has 3 rings (SSSR count). The van der Waals surface area contributed by atoms with Crippen molar-refractivity contribution in [3.05, 3.63) is 64.7 Å². The van der Waals surface area contributed by atoms with Crippen LogP contribution in [0.25, 0.3) is 0 Å². The fraction of sp³-hybridized carbons (Fsp3) is 0.263. The highest BCUT2D eigenvalue weighted by Gasteiger charge is 2.41. The molecule has 0 radical (unpaired) electrons. The highest BCUT2D eigenvalue weighted by molar-refractivity contribution is 6.08. The summed E-state index contributed by atoms with van der Waals surface area (Å²) < 4.78 is 27.5. The Labute approximate surface area is 144 Å². The highest BCUT2D eigenvalue weighted by Crippen LogP contribution is 2.31. The monoisotopic (exact) mass is 344 g/mol. The van der Waals surface area contributed by atoms with Gasteiger partial charge in [-0.15, -0.1) is 0 Å². The fourth-order valence-corrected chi connectivity index (χ4v) is 3.02. The van der Waals surface area contributed by atoms with Gasteiger partial charge in [0.2, 0.25) is 11.8 Å². The van der Waals surface area contributed by atoms with Crippen molar-refractivity contribution in [2.45, 2.75) is 19.8 Å². The number of carbonyl (C=O) groups excluding carboxylic acids is 2. The van der Waals surface area contributed by atoms with Crippen molar-refractivity contribution >= 4 is 17.5 Å². The first-order valence-corrected chi connectivity index (χ1v) is 7.98. The second-order valence-corrected chi connectivity index (χ2v) is 6.26. The van der Waals surface area contributed by atoms with Crippen LogP contribution in [0.3, 0.4) is 0 Å². The predicted octanol–water partition coefficient (Wildman–Crippen LogP) is 3.05. The summed E-state index contributed by atoms with van der Waals surface area (Å²) in [7, 11) is 0. The summed E-state index contributed by atoms with van der Waals surface area (Å²) in [6, 6.07) is 9.82. The minimum Gasteiger partial charge on any atom is -0.355 e. The number of hydrogen-bond acceptors (Lipinski definition) is 2. The molecule has 2 unspecified atom stereocenters. The van der Waals surface area contributed by atoms with Gasteiger partial charge in [-0.05, 0) is 31.5 Å². The molecule has 0 saturated carbocycles. The molecule has 25 heavy (non-hydrogen) atoms. The zero-order valence-electron chi connectivity index (χ0n) is 13.9. The number of halogens is 2. The summed E-state index contributed by atoms with van der Waals surface area (Å²) in [6.45, 7) is 3.58. The van der Waals surface area contributed by atoms with Crippen LogP contribution in [-0.4, -0.2) is 18.4 Å². The Bertz CT molecular complexity index is 834. The smallest absolute Gasteiger partial charge is 0.237 e. The molecule has 0 bridgehead atoms. The van der Waals surface area contributed by atoms with Gasteiger partial charge >= 0.3 is 0 Å². The SMILES string of the molecule is Cc1ccc(C2CNC(=O)C2C(=O)Nc2ccc(F)c(C)c2F)cc1. The van der Waals surface area contributed by atoms with Crippen LogP contribution in [0.2, 0.25) is 0 Å². The van der Waals surface area contributed by atoms with Gasteiger partial charge in [-0.3, -0.25) is 9.59 Å². The first-order chi connectivity index (χ1) is 11.9. The molecule has 1 aliphatic heterocycles. The number of benzene rings is 2. The summed E-state index contributed by atoms with van der Waals surface area (Å²) in [5, 5.41) is 5.10. The third kappa shape index (κ3) is 3.24. The topological polar surface area (TPSA) is 58.2 Å². The van der Waals surface area contributed by atoms with Crippen LogP contribution in [0.1, 0.15) is 22.6 Å². The summed E-state index contributed by atoms with van der Waals surface area (Å²) in [6.07, 6.45) is 0. The molecular weight excluding hydrogens is 326 g/mol. The van der Waals surface area contributed by atoms with Gasteiger partial charge in [0.15, 0.2) is 5.82 Å². The Morgan fingerprint density at radius 3 is 2.48 bits per heavy atom. The zero-order chi connectivity index (χ0) is 18.1. The Hall–Kier alpha value is -2.76. The van der Waals surface area contributed by atoms with E-state index < -0.39 is 29.4 Å². The lowest BCUT2D eigenvalue weighted by Crippen LogP contribution is -2.32. The van der Waals surface area contributed by atoms with E-state index in [-0.39, 0.29) is 17.2 Å². The maximum atomic E-state index is 14.1. The van der Waals surface area contributed by atoms with Crippen molar-refractivity contribution in [1.82, 2.24) is 5.32 Å². The molecule has 130 valence electrons. The molecule has 2 N–H and O–H groups in total. The molecule has 2 amide bonds. The van der Waals surface area contributed by atoms with Gasteiger partial charge in [0.25, 0.3) is 0 Å². The summed E-state index contributed by atoms with van der Waals surface area (Å²) in [5.41, 5.74) is 1.63. The van der Waals surface area contributed by atoms with Crippen LogP contribution in [0.15, 0.2) is 36.4 Å². The minimum absolute atomic E-state index is 0.133. The Morgan fingerprint density at radius 1 is 1.12 bits per heavy atom. The molecule has 0 aromatic heterocycles. The van der Waals surface area contributed by atoms with Crippen molar-refractivity contribution in [1.29, 1.82) is 0 Å². The molecule has 2 atom stereocenters. The Kier molecular flexibility index (Phi) is 4.53. The van der Waals surface area contributed by atoms with Crippen molar-refractivity contribution < 1.29 is 18.4 Å². The van der Waals surface area contributed by atoms with Crippen LogP contribution in [-0.2, 0) is 9.59 Å². The molecule has 0 aliphatic carbocycles. The van der Waals surface area contributed by atoms with E-state index in [9.17, 15) is 18.4 Å². The lowest BCUT2D eigenvalue weighted by Gasteiger charge is -2.18. The summed E-state index contributed by atoms with van der Waals surface area (Å²) in [4.78, 5) is 24.7. The van der Waals surface area contributed by atoms with E-state index in [1.54, 1.807) is 0 Å². The van der Waals surface area contributed by atoms with E-state index in [1.807, 2.05) is 31.2 Å². The van der Waals surface area contributed by atoms with Gasteiger partial charge < -0.3 is 10.6 Å². The van der Waals surface area contributed by atoms with E-state index in [0.29, 0.717) is 6.54 Å². The maximum absolute atomic E-state index is 14.1. The fourth-order valence-electron chi connectivity index (χ4n) is 3.02. The maximum Gasteiger partial charge on any atom is 0.237 e. The second kappa shape index (κ2) is 6.63. The summed E-state index contributed by atoms with van der Waals surface area (Å²) >= 11 is 0. The van der Waals surface area contributed by atoms with Crippen molar-refractivity contribution in [3.63, 3.8) is 0 Å². The number of carbonyl (C=O) groups is 2. The summed E-state index contributed by atoms with van der Waals surface area (Å²) in [5.74, 6) is -3.83. The van der Waals surface area contributed by atoms with E-state index in [2.05, 4.69) is 10.6 Å². The zero-order valence-corrected chi connectivity index (χ0v) is 13.9. The number of amides is 2. The Balaban J connectivity index is 1.85. The van der Waals surface area contributed by atoms with Crippen molar-refractivity contribution in [3.8, 4) is 0 Å². The first-order valence-electron chi connectivity index (χ1n) is 7.98. The van der Waals surface area contributed by atoms with Crippen LogP contribution in [0.4, 0.5) is 14.5 Å². The molecule has 1 saturated heterocycles. The number of nitrogens with one attached hydrogen (secondary N) is 2. The van der Waals surface area contributed by atoms with Gasteiger partial charge in [-0.2, -0.15) is 0 Å². The standard InChI is InChI=1S/C19H18F2N2O2/c1-10-3-5-12(6-4-10)13-9-22-18(24)16(13)19(25)23-15-8-7-14(20)11(2)17(15)21/h3-8,13,16H,9H2,1-2H3,(H,22,24)(H,23,25). The molecule has 6 heteroatoms. The number of anilines is 1. The van der Waals surface area contributed by atoms with Gasteiger partial charge in [-0.25, -0.2) is 8.78 Å². The highest BCUT2D eigenvalue weighted by atomic mass is 19.1. The number of aryl methyl sites for hydroxylation is 1. The molecular formula is C19H18F2N2O2. The largest absolute Gasteiger partial charge is 0.355 e. The van der Waals surface area contributed by atoms with Crippen LogP contribution >= 0.6 is 0 Å². The number of rotatable bonds is 3. The van der Waals surface area contributed by atoms with E-state index in [0.717, 1.165) is 23.3 Å². The Morgan fingerprint density at radius 2 is 1.80 bits per heavy atom. The van der Waals surface area contributed by atoms with E-state index >= 15 is 0 Å². The third-order valence-corrected chi connectivity index (χ3v) is 4.55. The lowest BCUT2D eigenvalue weighted by molar-refractivity contribution is -0.130. The van der Waals surface area contributed by atoms with Crippen LogP contribution in [0, 0.1) is 31.4 Å². The van der Waals surface area contributed by atoms with Crippen LogP contribution < -0.4 is 10.6 Å². The molecule has 4 nitrogen and oxygen atoms in total. The molecule has 1 heterocycles. The van der Waals surface area contributed by atoms with Crippen molar-refractivity contribution in [2.24, 2.45) is 5.92 Å². The normalized spacial score (nSPS) is 19.6. The van der Waals surface area contributed by atoms with E-state index in [1.165, 1.54) is 6.92 Å². The van der Waals surface area contributed by atoms with Gasteiger partial charge in [0.05, 0.1) is 5.69 Å². The predicted molar refractivity (Wildman–Crippen MR) is 90.1 cm³/mol. The van der Waals surface area contributed by atoms with Crippen molar-refractivity contribution in [2.75, 3.05) is 11.9 Å². The van der Waals surface area contributed by atoms with Gasteiger partial charge in [0, 0.05) is 18.0 Å². The van der Waals surface area contributed by atoms with Gasteiger partial charge in [0.1, 0.15) is 11.7 Å². The lowest BCUT2D eigenvalue weighted by atomic mass is 9.87. The average Bonchev–Trinajstić information content (AvgIpc) is 2.98. The quantitative estimate of drug-likeness (QED) is 0.841. The average molecular weight is 344 g/mol. The third-order valence-electron chi connectivity index (χ3n) is 4.55. The number of hydrogen-bond donors (Lipinski definition) is 2. The molecule has 2 aromatic carbocycles. The van der Waals surface area contributed by atoms with Gasteiger partial charge in [-0.1, -0.05) is 29.8 Å².